The summed E-state index contributed by atoms with van der Waals surface area (Å²) in [6, 6.07) is 3.62. The Morgan fingerprint density at radius 2 is 2.16 bits per heavy atom. The van der Waals surface area contributed by atoms with Gasteiger partial charge in [-0.3, -0.25) is 0 Å². The highest BCUT2D eigenvalue weighted by molar-refractivity contribution is 9.10. The van der Waals surface area contributed by atoms with Crippen LogP contribution in [0.3, 0.4) is 0 Å². The summed E-state index contributed by atoms with van der Waals surface area (Å²) in [6.45, 7) is 0. The van der Waals surface area contributed by atoms with E-state index in [1.807, 2.05) is 6.07 Å². The molecule has 3 N–H and O–H groups in total. The summed E-state index contributed by atoms with van der Waals surface area (Å²) in [5.74, 6) is 0.757. The minimum Gasteiger partial charge on any atom is -0.397 e. The highest BCUT2D eigenvalue weighted by Gasteiger charge is 2.32. The van der Waals surface area contributed by atoms with Crippen molar-refractivity contribution in [1.29, 1.82) is 0 Å². The first kappa shape index (κ1) is 12.9. The zero-order valence-corrected chi connectivity index (χ0v) is 12.6. The number of sulfone groups is 1. The molecule has 0 amide bonds. The lowest BCUT2D eigenvalue weighted by Crippen LogP contribution is -2.22. The third kappa shape index (κ3) is 2.25. The number of aromatic nitrogens is 2. The number of nitrogens with zero attached hydrogens (tertiary/aromatic N) is 1. The van der Waals surface area contributed by atoms with E-state index in [0.717, 1.165) is 22.8 Å². The Hall–Kier alpha value is -1.08. The Morgan fingerprint density at radius 3 is 2.89 bits per heavy atom. The number of nitrogens with two attached hydrogens (primary N) is 1. The van der Waals surface area contributed by atoms with E-state index in [0.29, 0.717) is 23.4 Å². The van der Waals surface area contributed by atoms with E-state index < -0.39 is 15.1 Å². The molecule has 3 rings (SSSR count). The van der Waals surface area contributed by atoms with Gasteiger partial charge in [0, 0.05) is 4.47 Å². The van der Waals surface area contributed by atoms with Gasteiger partial charge < -0.3 is 10.7 Å². The van der Waals surface area contributed by atoms with Gasteiger partial charge in [0.05, 0.1) is 17.0 Å². The second kappa shape index (κ2) is 4.49. The van der Waals surface area contributed by atoms with Gasteiger partial charge in [-0.05, 0) is 25.0 Å². The third-order valence-corrected chi connectivity index (χ3v) is 6.12. The summed E-state index contributed by atoms with van der Waals surface area (Å²) < 4.78 is 25.1. The average Bonchev–Trinajstić information content (AvgIpc) is 2.72. The molecule has 2 heterocycles. The van der Waals surface area contributed by atoms with Crippen molar-refractivity contribution in [2.45, 2.75) is 24.5 Å². The predicted octanol–water partition coefficient (Wildman–Crippen LogP) is 2.55. The Kier molecular flexibility index (Phi) is 3.05. The standard InChI is InChI=1S/C12H14BrN3O2S/c13-7-5-8(14)11-9(6-7)15-12(16-11)10-3-1-2-4-19(10,17)18/h5-6,10H,1-4,14H2,(H,15,16). The van der Waals surface area contributed by atoms with Crippen LogP contribution in [0.2, 0.25) is 0 Å². The van der Waals surface area contributed by atoms with Gasteiger partial charge in [0.1, 0.15) is 16.6 Å². The van der Waals surface area contributed by atoms with Gasteiger partial charge in [-0.15, -0.1) is 0 Å². The number of hydrogen-bond acceptors (Lipinski definition) is 4. The number of nitrogens with one attached hydrogen (secondary N) is 1. The monoisotopic (exact) mass is 343 g/mol. The lowest BCUT2D eigenvalue weighted by atomic mass is 10.2. The van der Waals surface area contributed by atoms with Gasteiger partial charge in [-0.25, -0.2) is 13.4 Å². The van der Waals surface area contributed by atoms with Crippen molar-refractivity contribution < 1.29 is 8.42 Å². The van der Waals surface area contributed by atoms with E-state index >= 15 is 0 Å². The highest BCUT2D eigenvalue weighted by Crippen LogP contribution is 2.34. The molecule has 0 bridgehead atoms. The molecular weight excluding hydrogens is 330 g/mol. The molecule has 5 nitrogen and oxygen atoms in total. The van der Waals surface area contributed by atoms with Gasteiger partial charge in [0.2, 0.25) is 0 Å². The Morgan fingerprint density at radius 1 is 1.37 bits per heavy atom. The summed E-state index contributed by atoms with van der Waals surface area (Å²) in [6.07, 6.45) is 2.29. The molecule has 0 radical (unpaired) electrons. The summed E-state index contributed by atoms with van der Waals surface area (Å²) in [4.78, 5) is 7.49. The second-order valence-corrected chi connectivity index (χ2v) is 8.08. The van der Waals surface area contributed by atoms with Crippen molar-refractivity contribution in [2.75, 3.05) is 11.5 Å². The minimum atomic E-state index is -3.09. The van der Waals surface area contributed by atoms with Crippen molar-refractivity contribution in [1.82, 2.24) is 9.97 Å². The Bertz CT molecular complexity index is 739. The number of benzene rings is 1. The molecule has 0 saturated carbocycles. The zero-order chi connectivity index (χ0) is 13.6. The van der Waals surface area contributed by atoms with Crippen LogP contribution in [-0.4, -0.2) is 24.1 Å². The van der Waals surface area contributed by atoms with Crippen LogP contribution in [0.15, 0.2) is 16.6 Å². The average molecular weight is 344 g/mol. The fourth-order valence-corrected chi connectivity index (χ4v) is 4.88. The Labute approximate surface area is 119 Å². The van der Waals surface area contributed by atoms with Crippen molar-refractivity contribution in [2.24, 2.45) is 0 Å². The molecule has 1 unspecified atom stereocenters. The number of aromatic amines is 1. The van der Waals surface area contributed by atoms with E-state index in [-0.39, 0.29) is 5.75 Å². The largest absolute Gasteiger partial charge is 0.397 e. The highest BCUT2D eigenvalue weighted by atomic mass is 79.9. The topological polar surface area (TPSA) is 88.8 Å². The lowest BCUT2D eigenvalue weighted by molar-refractivity contribution is 0.540. The third-order valence-electron chi connectivity index (χ3n) is 3.48. The van der Waals surface area contributed by atoms with Crippen LogP contribution in [0.1, 0.15) is 30.3 Å². The predicted molar refractivity (Wildman–Crippen MR) is 78.6 cm³/mol. The van der Waals surface area contributed by atoms with Crippen LogP contribution >= 0.6 is 15.9 Å². The molecule has 1 aliphatic heterocycles. The summed E-state index contributed by atoms with van der Waals surface area (Å²) >= 11 is 3.36. The van der Waals surface area contributed by atoms with Crippen LogP contribution in [0.25, 0.3) is 11.0 Å². The van der Waals surface area contributed by atoms with Crippen LogP contribution in [0, 0.1) is 0 Å². The fraction of sp³-hybridized carbons (Fsp3) is 0.417. The molecule has 0 aliphatic carbocycles. The van der Waals surface area contributed by atoms with E-state index in [1.165, 1.54) is 0 Å². The molecule has 0 spiro atoms. The van der Waals surface area contributed by atoms with Gasteiger partial charge >= 0.3 is 0 Å². The number of halogens is 1. The van der Waals surface area contributed by atoms with Crippen LogP contribution in [0.5, 0.6) is 0 Å². The summed E-state index contributed by atoms with van der Waals surface area (Å²) in [7, 11) is -3.09. The number of H-pyrrole nitrogens is 1. The van der Waals surface area contributed by atoms with Gasteiger partial charge in [0.15, 0.2) is 9.84 Å². The molecular formula is C12H14BrN3O2S. The maximum atomic E-state index is 12.1. The number of anilines is 1. The van der Waals surface area contributed by atoms with Crippen LogP contribution < -0.4 is 5.73 Å². The molecule has 1 fully saturated rings. The quantitative estimate of drug-likeness (QED) is 0.778. The lowest BCUT2D eigenvalue weighted by Gasteiger charge is -2.20. The van der Waals surface area contributed by atoms with Crippen molar-refractivity contribution in [3.05, 3.63) is 22.4 Å². The molecule has 7 heteroatoms. The molecule has 1 aromatic carbocycles. The summed E-state index contributed by atoms with van der Waals surface area (Å²) in [5.41, 5.74) is 7.85. The van der Waals surface area contributed by atoms with E-state index in [4.69, 9.17) is 5.73 Å². The van der Waals surface area contributed by atoms with Gasteiger partial charge in [0.25, 0.3) is 0 Å². The van der Waals surface area contributed by atoms with E-state index in [9.17, 15) is 8.42 Å². The van der Waals surface area contributed by atoms with Crippen molar-refractivity contribution in [3.63, 3.8) is 0 Å². The smallest absolute Gasteiger partial charge is 0.160 e. The minimum absolute atomic E-state index is 0.244. The van der Waals surface area contributed by atoms with Crippen LogP contribution in [0.4, 0.5) is 5.69 Å². The van der Waals surface area contributed by atoms with Crippen LogP contribution in [-0.2, 0) is 9.84 Å². The molecule has 1 aliphatic rings. The first-order valence-corrected chi connectivity index (χ1v) is 8.64. The maximum absolute atomic E-state index is 12.1. The van der Waals surface area contributed by atoms with Gasteiger partial charge in [-0.1, -0.05) is 22.4 Å². The Balaban J connectivity index is 2.13. The summed E-state index contributed by atoms with van der Waals surface area (Å²) in [5, 5.41) is -0.521. The van der Waals surface area contributed by atoms with Crippen molar-refractivity contribution >= 4 is 42.5 Å². The molecule has 2 aromatic rings. The van der Waals surface area contributed by atoms with E-state index in [2.05, 4.69) is 25.9 Å². The first-order valence-electron chi connectivity index (χ1n) is 6.13. The fourth-order valence-electron chi connectivity index (χ4n) is 2.54. The number of rotatable bonds is 1. The number of fused-ring (bicyclic) bond motifs is 1. The number of imidazole rings is 1. The molecule has 19 heavy (non-hydrogen) atoms. The SMILES string of the molecule is Nc1cc(Br)cc2[nH]c(C3CCCCS3(=O)=O)nc12. The van der Waals surface area contributed by atoms with Gasteiger partial charge in [-0.2, -0.15) is 0 Å². The normalized spacial score (nSPS) is 22.7. The molecule has 1 atom stereocenters. The molecule has 1 saturated heterocycles. The van der Waals surface area contributed by atoms with E-state index in [1.54, 1.807) is 6.07 Å². The molecule has 102 valence electrons. The molecule has 1 aromatic heterocycles. The number of nitrogen functional groups attached to an aromatic ring is 1. The zero-order valence-electron chi connectivity index (χ0n) is 10.2. The van der Waals surface area contributed by atoms with Crippen molar-refractivity contribution in [3.8, 4) is 0 Å². The maximum Gasteiger partial charge on any atom is 0.160 e. The number of hydrogen-bond donors (Lipinski definition) is 2. The first-order chi connectivity index (χ1) is 8.97. The second-order valence-electron chi connectivity index (χ2n) is 4.86.